The third-order valence-electron chi connectivity index (χ3n) is 1.66. The van der Waals surface area contributed by atoms with Gasteiger partial charge in [-0.1, -0.05) is 11.3 Å². The molecule has 0 aliphatic rings. The van der Waals surface area contributed by atoms with Crippen molar-refractivity contribution >= 4 is 11.3 Å². The van der Waals surface area contributed by atoms with Crippen molar-refractivity contribution < 1.29 is 0 Å². The molecule has 2 aromatic rings. The van der Waals surface area contributed by atoms with E-state index in [-0.39, 0.29) is 4.87 Å². The van der Waals surface area contributed by atoms with Gasteiger partial charge in [0.1, 0.15) is 5.69 Å². The van der Waals surface area contributed by atoms with Crippen LogP contribution in [0, 0.1) is 6.92 Å². The topological polar surface area (TPSA) is 58.6 Å². The van der Waals surface area contributed by atoms with Crippen LogP contribution in [0.3, 0.4) is 0 Å². The molecule has 0 bridgehead atoms. The molecule has 2 rings (SSSR count). The molecule has 0 saturated carbocycles. The number of thiazole rings is 1. The molecule has 66 valence electrons. The zero-order chi connectivity index (χ0) is 9.26. The van der Waals surface area contributed by atoms with Gasteiger partial charge in [0.25, 0.3) is 0 Å². The predicted octanol–water partition coefficient (Wildman–Crippen LogP) is 1.20. The summed E-state index contributed by atoms with van der Waals surface area (Å²) in [5.41, 5.74) is 2.29. The Morgan fingerprint density at radius 2 is 2.15 bits per heavy atom. The highest BCUT2D eigenvalue weighted by molar-refractivity contribution is 7.07. The molecule has 0 atom stereocenters. The van der Waals surface area contributed by atoms with Gasteiger partial charge in [0.05, 0.1) is 11.4 Å². The lowest BCUT2D eigenvalue weighted by Crippen LogP contribution is -1.96. The molecule has 13 heavy (non-hydrogen) atoms. The van der Waals surface area contributed by atoms with Gasteiger partial charge in [0.2, 0.25) is 0 Å². The maximum absolute atomic E-state index is 10.9. The Morgan fingerprint density at radius 3 is 2.77 bits per heavy atom. The Hall–Kier alpha value is -1.49. The largest absolute Gasteiger partial charge is 0.311 e. The smallest absolute Gasteiger partial charge is 0.304 e. The molecule has 5 heteroatoms. The summed E-state index contributed by atoms with van der Waals surface area (Å²) in [6.07, 6.45) is 3.24. The Morgan fingerprint density at radius 1 is 1.38 bits per heavy atom. The number of hydrogen-bond donors (Lipinski definition) is 1. The lowest BCUT2D eigenvalue weighted by Gasteiger charge is -1.98. The summed E-state index contributed by atoms with van der Waals surface area (Å²) in [6.45, 7) is 1.86. The first-order valence-electron chi connectivity index (χ1n) is 3.73. The first-order valence-corrected chi connectivity index (χ1v) is 4.61. The SMILES string of the molecule is Cc1nccnc1-c1csc(=O)[nH]1. The molecular formula is C8H7N3OS. The Bertz CT molecular complexity index is 474. The van der Waals surface area contributed by atoms with Crippen molar-refractivity contribution in [2.24, 2.45) is 0 Å². The standard InChI is InChI=1S/C8H7N3OS/c1-5-7(10-3-2-9-5)6-4-13-8(12)11-6/h2-4H,1H3,(H,11,12). The Kier molecular flexibility index (Phi) is 1.94. The van der Waals surface area contributed by atoms with Gasteiger partial charge >= 0.3 is 4.87 Å². The van der Waals surface area contributed by atoms with Crippen LogP contribution in [0.5, 0.6) is 0 Å². The molecule has 2 heterocycles. The number of H-pyrrole nitrogens is 1. The minimum Gasteiger partial charge on any atom is -0.311 e. The summed E-state index contributed by atoms with van der Waals surface area (Å²) in [5.74, 6) is 0. The number of nitrogens with one attached hydrogen (secondary N) is 1. The summed E-state index contributed by atoms with van der Waals surface area (Å²) in [4.78, 5) is 21.7. The Labute approximate surface area is 78.3 Å². The van der Waals surface area contributed by atoms with Crippen molar-refractivity contribution in [1.82, 2.24) is 15.0 Å². The lowest BCUT2D eigenvalue weighted by molar-refractivity contribution is 1.11. The second-order valence-corrected chi connectivity index (χ2v) is 3.39. The fourth-order valence-electron chi connectivity index (χ4n) is 1.07. The second-order valence-electron chi connectivity index (χ2n) is 2.55. The number of aromatic nitrogens is 3. The van der Waals surface area contributed by atoms with Crippen LogP contribution in [0.1, 0.15) is 5.69 Å². The van der Waals surface area contributed by atoms with Gasteiger partial charge in [-0.05, 0) is 6.92 Å². The molecule has 0 aliphatic heterocycles. The van der Waals surface area contributed by atoms with E-state index in [2.05, 4.69) is 15.0 Å². The number of hydrogen-bond acceptors (Lipinski definition) is 4. The number of nitrogens with zero attached hydrogens (tertiary/aromatic N) is 2. The van der Waals surface area contributed by atoms with E-state index in [4.69, 9.17) is 0 Å². The van der Waals surface area contributed by atoms with Gasteiger partial charge in [0.15, 0.2) is 0 Å². The number of aromatic amines is 1. The molecule has 0 spiro atoms. The minimum absolute atomic E-state index is 0.0694. The summed E-state index contributed by atoms with van der Waals surface area (Å²) in [5, 5.41) is 1.75. The monoisotopic (exact) mass is 193 g/mol. The first kappa shape index (κ1) is 8.12. The van der Waals surface area contributed by atoms with E-state index < -0.39 is 0 Å². The van der Waals surface area contributed by atoms with Crippen molar-refractivity contribution in [3.8, 4) is 11.4 Å². The molecule has 0 fully saturated rings. The molecule has 0 saturated heterocycles. The summed E-state index contributed by atoms with van der Waals surface area (Å²) < 4.78 is 0. The highest BCUT2D eigenvalue weighted by atomic mass is 32.1. The van der Waals surface area contributed by atoms with Crippen LogP contribution in [0.15, 0.2) is 22.6 Å². The van der Waals surface area contributed by atoms with Crippen LogP contribution < -0.4 is 4.87 Å². The van der Waals surface area contributed by atoms with Gasteiger partial charge < -0.3 is 4.98 Å². The first-order chi connectivity index (χ1) is 6.27. The highest BCUT2D eigenvalue weighted by Crippen LogP contribution is 2.15. The van der Waals surface area contributed by atoms with E-state index in [1.54, 1.807) is 17.8 Å². The Balaban J connectivity index is 2.58. The molecule has 0 unspecified atom stereocenters. The van der Waals surface area contributed by atoms with Crippen LogP contribution >= 0.6 is 11.3 Å². The fourth-order valence-corrected chi connectivity index (χ4v) is 1.63. The van der Waals surface area contributed by atoms with E-state index >= 15 is 0 Å². The highest BCUT2D eigenvalue weighted by Gasteiger charge is 2.05. The zero-order valence-electron chi connectivity index (χ0n) is 6.94. The van der Waals surface area contributed by atoms with Gasteiger partial charge in [-0.3, -0.25) is 14.8 Å². The number of aryl methyl sites for hydroxylation is 1. The van der Waals surface area contributed by atoms with Crippen LogP contribution in [0.25, 0.3) is 11.4 Å². The van der Waals surface area contributed by atoms with Gasteiger partial charge in [-0.15, -0.1) is 0 Å². The molecule has 4 nitrogen and oxygen atoms in total. The van der Waals surface area contributed by atoms with Crippen LogP contribution in [-0.2, 0) is 0 Å². The lowest BCUT2D eigenvalue weighted by atomic mass is 10.3. The van der Waals surface area contributed by atoms with Crippen molar-refractivity contribution in [3.63, 3.8) is 0 Å². The van der Waals surface area contributed by atoms with Gasteiger partial charge in [-0.2, -0.15) is 0 Å². The van der Waals surface area contributed by atoms with Crippen molar-refractivity contribution in [1.29, 1.82) is 0 Å². The van der Waals surface area contributed by atoms with Crippen LogP contribution in [0.4, 0.5) is 0 Å². The third-order valence-corrected chi connectivity index (χ3v) is 2.33. The summed E-state index contributed by atoms with van der Waals surface area (Å²) >= 11 is 1.13. The third kappa shape index (κ3) is 1.50. The van der Waals surface area contributed by atoms with E-state index in [9.17, 15) is 4.79 Å². The molecule has 1 N–H and O–H groups in total. The van der Waals surface area contributed by atoms with E-state index in [1.807, 2.05) is 6.92 Å². The van der Waals surface area contributed by atoms with Crippen molar-refractivity contribution in [2.45, 2.75) is 6.92 Å². The molecule has 0 aromatic carbocycles. The fraction of sp³-hybridized carbons (Fsp3) is 0.125. The maximum atomic E-state index is 10.9. The molecule has 0 amide bonds. The predicted molar refractivity (Wildman–Crippen MR) is 50.7 cm³/mol. The van der Waals surface area contributed by atoms with Gasteiger partial charge in [-0.25, -0.2) is 0 Å². The maximum Gasteiger partial charge on any atom is 0.304 e. The van der Waals surface area contributed by atoms with Crippen molar-refractivity contribution in [3.05, 3.63) is 33.1 Å². The van der Waals surface area contributed by atoms with E-state index in [1.165, 1.54) is 0 Å². The van der Waals surface area contributed by atoms with Crippen LogP contribution in [0.2, 0.25) is 0 Å². The van der Waals surface area contributed by atoms with Crippen molar-refractivity contribution in [2.75, 3.05) is 0 Å². The molecule has 2 aromatic heterocycles. The summed E-state index contributed by atoms with van der Waals surface area (Å²) in [7, 11) is 0. The summed E-state index contributed by atoms with van der Waals surface area (Å²) in [6, 6.07) is 0. The molecule has 0 aliphatic carbocycles. The van der Waals surface area contributed by atoms with E-state index in [0.29, 0.717) is 0 Å². The van der Waals surface area contributed by atoms with Gasteiger partial charge in [0, 0.05) is 17.8 Å². The second kappa shape index (κ2) is 3.10. The van der Waals surface area contributed by atoms with E-state index in [0.717, 1.165) is 28.4 Å². The van der Waals surface area contributed by atoms with Crippen LogP contribution in [-0.4, -0.2) is 15.0 Å². The quantitative estimate of drug-likeness (QED) is 0.740. The average molecular weight is 193 g/mol. The average Bonchev–Trinajstić information content (AvgIpc) is 2.53. The number of rotatable bonds is 1. The minimum atomic E-state index is -0.0694. The normalized spacial score (nSPS) is 10.2. The molecule has 0 radical (unpaired) electrons. The molecular weight excluding hydrogens is 186 g/mol. The zero-order valence-corrected chi connectivity index (χ0v) is 7.76.